The third-order valence-corrected chi connectivity index (χ3v) is 15.5. The topological polar surface area (TPSA) is 111 Å². The van der Waals surface area contributed by atoms with Crippen molar-refractivity contribution >= 4 is 24.9 Å². The van der Waals surface area contributed by atoms with Gasteiger partial charge >= 0.3 is 0 Å². The summed E-state index contributed by atoms with van der Waals surface area (Å²) in [6.07, 6.45) is 6.86. The van der Waals surface area contributed by atoms with Crippen molar-refractivity contribution in [3.8, 4) is 5.75 Å². The largest absolute Gasteiger partial charge is 0.497 e. The molecule has 266 valence electrons. The monoisotopic (exact) mass is 695 g/mol. The molecule has 6 atom stereocenters. The highest BCUT2D eigenvalue weighted by Crippen LogP contribution is 2.46. The summed E-state index contributed by atoms with van der Waals surface area (Å²) in [5.74, 6) is 1.19. The number of methoxy groups -OCH3 is 1. The van der Waals surface area contributed by atoms with E-state index in [-0.39, 0.29) is 36.6 Å². The van der Waals surface area contributed by atoms with Gasteiger partial charge in [0.25, 0.3) is 0 Å². The Morgan fingerprint density at radius 1 is 1.06 bits per heavy atom. The van der Waals surface area contributed by atoms with Crippen LogP contribution in [0.5, 0.6) is 5.75 Å². The molecule has 0 spiro atoms. The number of piperidine rings is 1. The number of hydrogen-bond acceptors (Lipinski definition) is 7. The predicted molar refractivity (Wildman–Crippen MR) is 201 cm³/mol. The van der Waals surface area contributed by atoms with Gasteiger partial charge < -0.3 is 25.2 Å². The molecule has 0 saturated carbocycles. The van der Waals surface area contributed by atoms with Crippen LogP contribution in [-0.2, 0) is 22.5 Å². The summed E-state index contributed by atoms with van der Waals surface area (Å²) in [4.78, 5) is 12.7. The lowest BCUT2D eigenvalue weighted by Crippen LogP contribution is -2.50. The van der Waals surface area contributed by atoms with E-state index in [4.69, 9.17) is 9.47 Å². The lowest BCUT2D eigenvalue weighted by molar-refractivity contribution is -0.120. The number of carbonyl (C=O) groups excluding carboxylic acids is 1. The maximum atomic E-state index is 12.7. The highest BCUT2D eigenvalue weighted by molar-refractivity contribution is 6.91. The van der Waals surface area contributed by atoms with Crippen LogP contribution < -0.4 is 20.6 Å². The lowest BCUT2D eigenvalue weighted by atomic mass is 9.95. The van der Waals surface area contributed by atoms with Crippen molar-refractivity contribution < 1.29 is 19.4 Å². The van der Waals surface area contributed by atoms with Gasteiger partial charge in [-0.2, -0.15) is 0 Å². The molecular weight excluding hydrogens is 643 g/mol. The van der Waals surface area contributed by atoms with Crippen molar-refractivity contribution in [2.24, 2.45) is 11.8 Å². The van der Waals surface area contributed by atoms with Crippen molar-refractivity contribution in [1.82, 2.24) is 20.3 Å². The fraction of sp³-hybridized carbons (Fsp3) is 0.475. The molecule has 50 heavy (non-hydrogen) atoms. The number of nitrogens with one attached hydrogen (secondary N) is 2. The molecule has 0 radical (unpaired) electrons. The molecule has 0 bridgehead atoms. The van der Waals surface area contributed by atoms with Crippen LogP contribution >= 0.6 is 0 Å². The SMILES string of the molecule is COc1ccc([Si](C)(C)[C@@H]2[C@@H](C)[C@@H](CCc3ccc(NC(=O)C4CCCNC4)cc3)O[C@H]2CCn2cc(C(CO)c3ccccc3)nn2)cc1. The molecule has 2 aliphatic heterocycles. The molecule has 3 aromatic carbocycles. The van der Waals surface area contributed by atoms with E-state index in [9.17, 15) is 9.90 Å². The number of anilines is 1. The van der Waals surface area contributed by atoms with E-state index in [0.29, 0.717) is 18.0 Å². The minimum Gasteiger partial charge on any atom is -0.497 e. The molecule has 1 aromatic heterocycles. The third-order valence-electron chi connectivity index (χ3n) is 11.1. The summed E-state index contributed by atoms with van der Waals surface area (Å²) in [6.45, 7) is 9.75. The zero-order valence-corrected chi connectivity index (χ0v) is 30.9. The van der Waals surface area contributed by atoms with E-state index >= 15 is 0 Å². The van der Waals surface area contributed by atoms with Crippen molar-refractivity contribution in [2.45, 2.75) is 82.3 Å². The highest BCUT2D eigenvalue weighted by atomic mass is 28.3. The fourth-order valence-corrected chi connectivity index (χ4v) is 12.3. The fourth-order valence-electron chi connectivity index (χ4n) is 8.20. The number of aliphatic hydroxyl groups excluding tert-OH is 1. The Bertz CT molecular complexity index is 1660. The number of rotatable bonds is 14. The zero-order chi connectivity index (χ0) is 35.1. The average Bonchev–Trinajstić information content (AvgIpc) is 3.75. The number of aliphatic hydroxyl groups is 1. The first-order valence-corrected chi connectivity index (χ1v) is 21.3. The maximum Gasteiger partial charge on any atom is 0.228 e. The van der Waals surface area contributed by atoms with Crippen LogP contribution in [-0.4, -0.2) is 73.1 Å². The van der Waals surface area contributed by atoms with Gasteiger partial charge in [-0.3, -0.25) is 9.48 Å². The summed E-state index contributed by atoms with van der Waals surface area (Å²) in [6, 6.07) is 27.0. The summed E-state index contributed by atoms with van der Waals surface area (Å²) in [7, 11) is -0.290. The van der Waals surface area contributed by atoms with Gasteiger partial charge in [-0.25, -0.2) is 0 Å². The minimum absolute atomic E-state index is 0.0209. The minimum atomic E-state index is -2.00. The molecule has 4 aromatic rings. The van der Waals surface area contributed by atoms with Crippen LogP contribution in [0.3, 0.4) is 0 Å². The molecule has 2 unspecified atom stereocenters. The molecule has 9 nitrogen and oxygen atoms in total. The number of amides is 1. The van der Waals surface area contributed by atoms with Gasteiger partial charge in [-0.1, -0.05) is 85.0 Å². The van der Waals surface area contributed by atoms with Crippen molar-refractivity contribution in [3.05, 3.63) is 102 Å². The van der Waals surface area contributed by atoms with Gasteiger partial charge in [0.15, 0.2) is 0 Å². The Morgan fingerprint density at radius 3 is 2.50 bits per heavy atom. The Kier molecular flexibility index (Phi) is 11.8. The highest BCUT2D eigenvalue weighted by Gasteiger charge is 2.50. The third kappa shape index (κ3) is 8.37. The van der Waals surface area contributed by atoms with Gasteiger partial charge in [0, 0.05) is 25.0 Å². The molecule has 3 heterocycles. The first-order valence-electron chi connectivity index (χ1n) is 18.2. The van der Waals surface area contributed by atoms with Crippen molar-refractivity contribution in [1.29, 1.82) is 0 Å². The summed E-state index contributed by atoms with van der Waals surface area (Å²) in [5, 5.41) is 27.0. The second-order valence-electron chi connectivity index (χ2n) is 14.7. The van der Waals surface area contributed by atoms with Gasteiger partial charge in [0.2, 0.25) is 5.91 Å². The summed E-state index contributed by atoms with van der Waals surface area (Å²) < 4.78 is 14.4. The van der Waals surface area contributed by atoms with Gasteiger partial charge in [0.1, 0.15) is 5.75 Å². The molecular formula is C40H53N5O4Si. The van der Waals surface area contributed by atoms with Crippen LogP contribution in [0.4, 0.5) is 5.69 Å². The Balaban J connectivity index is 1.13. The van der Waals surface area contributed by atoms with E-state index in [2.05, 4.69) is 77.4 Å². The molecule has 2 saturated heterocycles. The number of ether oxygens (including phenoxy) is 2. The maximum absolute atomic E-state index is 12.7. The molecule has 2 fully saturated rings. The average molecular weight is 696 g/mol. The molecule has 6 rings (SSSR count). The smallest absolute Gasteiger partial charge is 0.228 e. The second-order valence-corrected chi connectivity index (χ2v) is 19.3. The van der Waals surface area contributed by atoms with Crippen molar-refractivity contribution in [2.75, 3.05) is 32.1 Å². The first-order chi connectivity index (χ1) is 24.3. The molecule has 1 amide bonds. The van der Waals surface area contributed by atoms with Crippen LogP contribution in [0.25, 0.3) is 0 Å². The van der Waals surface area contributed by atoms with E-state index in [0.717, 1.165) is 67.9 Å². The van der Waals surface area contributed by atoms with Gasteiger partial charge in [-0.15, -0.1) is 5.10 Å². The Labute approximate surface area is 297 Å². The van der Waals surface area contributed by atoms with E-state index in [1.165, 1.54) is 10.8 Å². The van der Waals surface area contributed by atoms with Gasteiger partial charge in [0.05, 0.1) is 51.5 Å². The number of benzene rings is 3. The number of nitrogens with zero attached hydrogens (tertiary/aromatic N) is 3. The standard InChI is InChI=1S/C40H53N5O4Si/c1-28-37(21-14-29-12-15-32(16-13-29)42-40(47)31-11-8-23-41-25-31)49-38(39(28)50(3,4)34-19-17-33(48-2)18-20-34)22-24-45-26-36(43-44-45)35(27-46)30-9-6-5-7-10-30/h5-7,9-10,12-13,15-20,26,28,31,35,37-39,41,46H,8,11,14,21-25,27H2,1-4H3,(H,42,47)/t28-,31?,35?,37+,38-,39+/m0/s1. The molecule has 2 aliphatic rings. The van der Waals surface area contributed by atoms with Crippen molar-refractivity contribution in [3.63, 3.8) is 0 Å². The number of carbonyl (C=O) groups is 1. The van der Waals surface area contributed by atoms with E-state index < -0.39 is 8.07 Å². The number of hydrogen-bond donors (Lipinski definition) is 3. The quantitative estimate of drug-likeness (QED) is 0.144. The Hall–Kier alpha value is -3.83. The lowest BCUT2D eigenvalue weighted by Gasteiger charge is -2.36. The molecule has 3 N–H and O–H groups in total. The van der Waals surface area contributed by atoms with Crippen LogP contribution in [0, 0.1) is 11.8 Å². The van der Waals surface area contributed by atoms with Gasteiger partial charge in [-0.05, 0) is 85.5 Å². The molecule has 10 heteroatoms. The number of aryl methyl sites for hydroxylation is 2. The first kappa shape index (κ1) is 36.0. The Morgan fingerprint density at radius 2 is 1.82 bits per heavy atom. The van der Waals surface area contributed by atoms with E-state index in [1.54, 1.807) is 7.11 Å². The van der Waals surface area contributed by atoms with Crippen LogP contribution in [0.15, 0.2) is 85.1 Å². The molecule has 0 aliphatic carbocycles. The zero-order valence-electron chi connectivity index (χ0n) is 29.9. The summed E-state index contributed by atoms with van der Waals surface area (Å²) in [5.41, 5.74) is 4.31. The normalized spacial score (nSPS) is 23.0. The van der Waals surface area contributed by atoms with Crippen LogP contribution in [0.2, 0.25) is 18.6 Å². The van der Waals surface area contributed by atoms with E-state index in [1.807, 2.05) is 53.3 Å². The second kappa shape index (κ2) is 16.5. The number of aromatic nitrogens is 3. The van der Waals surface area contributed by atoms with Crippen LogP contribution in [0.1, 0.15) is 55.3 Å². The summed E-state index contributed by atoms with van der Waals surface area (Å²) >= 11 is 0. The predicted octanol–water partition coefficient (Wildman–Crippen LogP) is 5.76.